The van der Waals surface area contributed by atoms with Gasteiger partial charge in [-0.3, -0.25) is 14.5 Å². The van der Waals surface area contributed by atoms with Gasteiger partial charge in [-0.2, -0.15) is 13.2 Å². The number of nitrogens with two attached hydrogens (primary N) is 1. The number of nitrogen functional groups attached to an aromatic ring is 1. The van der Waals surface area contributed by atoms with Gasteiger partial charge in [0.25, 0.3) is 0 Å². The highest BCUT2D eigenvalue weighted by Gasteiger charge is 2.47. The maximum absolute atomic E-state index is 13.9. The van der Waals surface area contributed by atoms with Crippen LogP contribution in [-0.4, -0.2) is 64.6 Å². The molecule has 2 fully saturated rings. The minimum Gasteiger partial charge on any atom is -0.487 e. The Morgan fingerprint density at radius 3 is 2.49 bits per heavy atom. The van der Waals surface area contributed by atoms with Crippen molar-refractivity contribution < 1.29 is 31.9 Å². The van der Waals surface area contributed by atoms with E-state index < -0.39 is 29.5 Å². The van der Waals surface area contributed by atoms with E-state index in [4.69, 9.17) is 10.5 Å². The van der Waals surface area contributed by atoms with Gasteiger partial charge in [0.1, 0.15) is 23.0 Å². The number of nitrogens with one attached hydrogen (secondary N) is 1. The Balaban J connectivity index is 1.19. The summed E-state index contributed by atoms with van der Waals surface area (Å²) in [7, 11) is 0. The third-order valence-corrected chi connectivity index (χ3v) is 7.99. The molecule has 1 spiro atoms. The van der Waals surface area contributed by atoms with Crippen molar-refractivity contribution in [3.05, 3.63) is 53.5 Å². The van der Waals surface area contributed by atoms with E-state index in [2.05, 4.69) is 9.88 Å². The molecule has 8 nitrogen and oxygen atoms in total. The van der Waals surface area contributed by atoms with Gasteiger partial charge in [0, 0.05) is 56.6 Å². The summed E-state index contributed by atoms with van der Waals surface area (Å²) in [6.07, 6.45) is -1.04. The van der Waals surface area contributed by atoms with Crippen molar-refractivity contribution in [1.82, 2.24) is 20.1 Å². The smallest absolute Gasteiger partial charge is 0.471 e. The molecule has 5 rings (SSSR count). The molecule has 0 aliphatic carbocycles. The molecule has 1 aromatic carbocycles. The largest absolute Gasteiger partial charge is 0.487 e. The van der Waals surface area contributed by atoms with Crippen LogP contribution in [0.2, 0.25) is 0 Å². The number of carbonyl (C=O) groups excluding carboxylic acids is 2. The van der Waals surface area contributed by atoms with E-state index in [-0.39, 0.29) is 29.6 Å². The van der Waals surface area contributed by atoms with Gasteiger partial charge in [-0.1, -0.05) is 0 Å². The Bertz CT molecular complexity index is 1220. The molecule has 3 aliphatic heterocycles. The van der Waals surface area contributed by atoms with Crippen molar-refractivity contribution in [2.24, 2.45) is 5.92 Å². The predicted octanol–water partition coefficient (Wildman–Crippen LogP) is 3.58. The van der Waals surface area contributed by atoms with Gasteiger partial charge in [0.05, 0.1) is 6.04 Å². The van der Waals surface area contributed by atoms with E-state index >= 15 is 0 Å². The van der Waals surface area contributed by atoms with Crippen LogP contribution < -0.4 is 15.8 Å². The van der Waals surface area contributed by atoms with Gasteiger partial charge >= 0.3 is 12.1 Å². The highest BCUT2D eigenvalue weighted by molar-refractivity contribution is 5.82. The van der Waals surface area contributed by atoms with Crippen LogP contribution >= 0.6 is 0 Å². The first-order valence-corrected chi connectivity index (χ1v) is 13.1. The number of hydrogen-bond acceptors (Lipinski definition) is 6. The number of nitrogens with zero attached hydrogens (tertiary/aromatic N) is 3. The van der Waals surface area contributed by atoms with E-state index in [1.807, 2.05) is 22.3 Å². The molecule has 0 bridgehead atoms. The maximum Gasteiger partial charge on any atom is 0.471 e. The number of carbonyl (C=O) groups is 2. The quantitative estimate of drug-likeness (QED) is 0.566. The number of ether oxygens (including phenoxy) is 1. The first-order valence-electron chi connectivity index (χ1n) is 13.1. The molecular formula is C27H31F4N5O3. The third-order valence-electron chi connectivity index (χ3n) is 7.99. The molecule has 1 unspecified atom stereocenters. The molecule has 2 aromatic rings. The first-order chi connectivity index (χ1) is 18.5. The van der Waals surface area contributed by atoms with E-state index in [0.717, 1.165) is 44.1 Å². The fourth-order valence-corrected chi connectivity index (χ4v) is 5.90. The molecule has 4 heterocycles. The number of piperidine rings is 2. The Morgan fingerprint density at radius 2 is 1.82 bits per heavy atom. The van der Waals surface area contributed by atoms with Gasteiger partial charge in [-0.05, 0) is 61.8 Å². The lowest BCUT2D eigenvalue weighted by molar-refractivity contribution is -0.175. The van der Waals surface area contributed by atoms with Gasteiger partial charge in [0.15, 0.2) is 0 Å². The average Bonchev–Trinajstić information content (AvgIpc) is 2.89. The van der Waals surface area contributed by atoms with Crippen LogP contribution in [0.3, 0.4) is 0 Å². The molecule has 1 atom stereocenters. The van der Waals surface area contributed by atoms with E-state index in [1.165, 1.54) is 12.1 Å². The van der Waals surface area contributed by atoms with Gasteiger partial charge in [0.2, 0.25) is 5.91 Å². The van der Waals surface area contributed by atoms with Crippen molar-refractivity contribution in [2.45, 2.75) is 56.5 Å². The summed E-state index contributed by atoms with van der Waals surface area (Å²) in [5.41, 5.74) is 6.17. The summed E-state index contributed by atoms with van der Waals surface area (Å²) in [5, 5.41) is 2.02. The Hall–Kier alpha value is -3.41. The van der Waals surface area contributed by atoms with Crippen LogP contribution in [0.1, 0.15) is 49.3 Å². The second kappa shape index (κ2) is 10.6. The summed E-state index contributed by atoms with van der Waals surface area (Å²) in [6.45, 7) is 3.10. The summed E-state index contributed by atoms with van der Waals surface area (Å²) < 4.78 is 59.1. The molecule has 12 heteroatoms. The minimum atomic E-state index is -5.06. The van der Waals surface area contributed by atoms with Gasteiger partial charge < -0.3 is 20.7 Å². The van der Waals surface area contributed by atoms with E-state index in [9.17, 15) is 27.2 Å². The van der Waals surface area contributed by atoms with E-state index in [1.54, 1.807) is 6.20 Å². The highest BCUT2D eigenvalue weighted by Crippen LogP contribution is 2.45. The summed E-state index contributed by atoms with van der Waals surface area (Å²) in [6, 6.07) is 6.37. The molecular weight excluding hydrogens is 518 g/mol. The molecule has 1 aromatic heterocycles. The van der Waals surface area contributed by atoms with Crippen molar-refractivity contribution >= 4 is 17.6 Å². The number of likely N-dealkylation sites (tertiary alicyclic amines) is 2. The molecule has 39 heavy (non-hydrogen) atoms. The van der Waals surface area contributed by atoms with Crippen LogP contribution in [0.15, 0.2) is 36.5 Å². The summed E-state index contributed by atoms with van der Waals surface area (Å²) >= 11 is 0. The fraction of sp³-hybridized carbons (Fsp3) is 0.519. The number of pyridine rings is 1. The zero-order valence-electron chi connectivity index (χ0n) is 21.3. The molecule has 0 saturated carbocycles. The fourth-order valence-electron chi connectivity index (χ4n) is 5.90. The first kappa shape index (κ1) is 27.2. The number of halogens is 4. The molecule has 0 radical (unpaired) electrons. The van der Waals surface area contributed by atoms with Crippen LogP contribution in [0.5, 0.6) is 5.75 Å². The SMILES string of the molecule is Nc1cc(CN2CCC(C(=O)N3CCC4(CC3)CC(NC(=O)C(F)(F)F)c3cc(F)ccc3O4)CC2)ccn1. The molecule has 2 saturated heterocycles. The van der Waals surface area contributed by atoms with Crippen LogP contribution in [0.25, 0.3) is 0 Å². The molecule has 3 aliphatic rings. The van der Waals surface area contributed by atoms with Gasteiger partial charge in [-0.25, -0.2) is 9.37 Å². The molecule has 3 N–H and O–H groups in total. The number of rotatable bonds is 4. The van der Waals surface area contributed by atoms with Crippen LogP contribution in [0.4, 0.5) is 23.4 Å². The Morgan fingerprint density at radius 1 is 1.10 bits per heavy atom. The summed E-state index contributed by atoms with van der Waals surface area (Å²) in [5.74, 6) is -1.99. The zero-order chi connectivity index (χ0) is 27.8. The van der Waals surface area contributed by atoms with Crippen LogP contribution in [0, 0.1) is 11.7 Å². The number of amides is 2. The summed E-state index contributed by atoms with van der Waals surface area (Å²) in [4.78, 5) is 33.1. The predicted molar refractivity (Wildman–Crippen MR) is 134 cm³/mol. The molecule has 210 valence electrons. The monoisotopic (exact) mass is 549 g/mol. The van der Waals surface area contributed by atoms with E-state index in [0.29, 0.717) is 31.7 Å². The number of fused-ring (bicyclic) bond motifs is 1. The molecule has 2 amide bonds. The van der Waals surface area contributed by atoms with Crippen molar-refractivity contribution in [2.75, 3.05) is 31.9 Å². The lowest BCUT2D eigenvalue weighted by Crippen LogP contribution is -2.55. The second-order valence-electron chi connectivity index (χ2n) is 10.7. The number of aromatic nitrogens is 1. The number of anilines is 1. The van der Waals surface area contributed by atoms with Crippen molar-refractivity contribution in [3.63, 3.8) is 0 Å². The highest BCUT2D eigenvalue weighted by atomic mass is 19.4. The number of hydrogen-bond donors (Lipinski definition) is 2. The Labute approximate surface area is 223 Å². The topological polar surface area (TPSA) is 101 Å². The average molecular weight is 550 g/mol. The third kappa shape index (κ3) is 6.10. The Kier molecular flexibility index (Phi) is 7.41. The maximum atomic E-state index is 13.9. The van der Waals surface area contributed by atoms with Gasteiger partial charge in [-0.15, -0.1) is 0 Å². The standard InChI is InChI=1S/C27H31F4N5O3/c28-19-1-2-22-20(14-19)21(34-25(38)27(29,30)31)15-26(39-22)6-11-36(12-7-26)24(37)18-4-9-35(10-5-18)16-17-3-8-33-23(32)13-17/h1-3,8,13-14,18,21H,4-7,9-12,15-16H2,(H2,32,33)(H,34,38). The zero-order valence-corrected chi connectivity index (χ0v) is 21.3. The lowest BCUT2D eigenvalue weighted by atomic mass is 9.80. The van der Waals surface area contributed by atoms with Crippen molar-refractivity contribution in [1.29, 1.82) is 0 Å². The van der Waals surface area contributed by atoms with Crippen molar-refractivity contribution in [3.8, 4) is 5.75 Å². The minimum absolute atomic E-state index is 0.0607. The lowest BCUT2D eigenvalue weighted by Gasteiger charge is -2.47. The number of benzene rings is 1. The normalized spacial score (nSPS) is 21.7. The van der Waals surface area contributed by atoms with Crippen LogP contribution in [-0.2, 0) is 16.1 Å². The second-order valence-corrected chi connectivity index (χ2v) is 10.7. The number of alkyl halides is 3.